The molecule has 0 heterocycles. The van der Waals surface area contributed by atoms with Crippen LogP contribution in [0.1, 0.15) is 60.1 Å². The van der Waals surface area contributed by atoms with Crippen molar-refractivity contribution >= 4 is 22.6 Å². The van der Waals surface area contributed by atoms with Crippen molar-refractivity contribution in [2.75, 3.05) is 4.90 Å². The van der Waals surface area contributed by atoms with Crippen LogP contribution in [0, 0.1) is 0 Å². The number of nitrogens with zero attached hydrogens (tertiary/aromatic N) is 1. The molecule has 7 aromatic rings. The van der Waals surface area contributed by atoms with Crippen molar-refractivity contribution in [1.29, 1.82) is 0 Å². The van der Waals surface area contributed by atoms with Crippen LogP contribution in [0.25, 0.3) is 39.0 Å². The summed E-state index contributed by atoms with van der Waals surface area (Å²) < 4.78 is 0. The summed E-state index contributed by atoms with van der Waals surface area (Å²) in [6.45, 7) is 4.79. The molecule has 11 rings (SSSR count). The quantitative estimate of drug-likeness (QED) is 0.179. The van der Waals surface area contributed by atoms with Gasteiger partial charge in [-0.25, -0.2) is 0 Å². The van der Waals surface area contributed by atoms with Gasteiger partial charge in [-0.15, -0.1) is 0 Å². The largest absolute Gasteiger partial charge is 0.310 e. The van der Waals surface area contributed by atoms with E-state index in [4.69, 9.17) is 0 Å². The normalized spacial score (nSPS) is 17.9. The Labute approximate surface area is 312 Å². The molecule has 0 saturated heterocycles. The van der Waals surface area contributed by atoms with Crippen molar-refractivity contribution in [3.05, 3.63) is 215 Å². The van der Waals surface area contributed by atoms with E-state index in [2.05, 4.69) is 195 Å². The van der Waals surface area contributed by atoms with Crippen LogP contribution in [0.15, 0.2) is 182 Å². The minimum atomic E-state index is -0.307. The average Bonchev–Trinajstić information content (AvgIpc) is 3.78. The fourth-order valence-corrected chi connectivity index (χ4v) is 10.3. The summed E-state index contributed by atoms with van der Waals surface area (Å²) in [5.74, 6) is 0. The summed E-state index contributed by atoms with van der Waals surface area (Å²) in [6, 6.07) is 61.4. The van der Waals surface area contributed by atoms with Crippen molar-refractivity contribution in [2.45, 2.75) is 37.5 Å². The van der Waals surface area contributed by atoms with Crippen molar-refractivity contribution in [2.24, 2.45) is 0 Å². The Hall–Kier alpha value is -6.18. The van der Waals surface area contributed by atoms with E-state index in [0.717, 1.165) is 18.5 Å². The number of para-hydroxylation sites is 1. The van der Waals surface area contributed by atoms with Gasteiger partial charge in [0.2, 0.25) is 0 Å². The molecule has 252 valence electrons. The van der Waals surface area contributed by atoms with Crippen LogP contribution in [-0.2, 0) is 10.8 Å². The lowest BCUT2D eigenvalue weighted by Crippen LogP contribution is -2.27. The van der Waals surface area contributed by atoms with Crippen LogP contribution in [-0.4, -0.2) is 0 Å². The summed E-state index contributed by atoms with van der Waals surface area (Å²) in [5.41, 5.74) is 22.3. The predicted octanol–water partition coefficient (Wildman–Crippen LogP) is 13.6. The molecule has 1 heteroatoms. The highest BCUT2D eigenvalue weighted by molar-refractivity contribution is 6.02. The van der Waals surface area contributed by atoms with Crippen molar-refractivity contribution < 1.29 is 0 Å². The third-order valence-electron chi connectivity index (χ3n) is 12.6. The van der Waals surface area contributed by atoms with Crippen LogP contribution < -0.4 is 4.90 Å². The van der Waals surface area contributed by atoms with Crippen molar-refractivity contribution in [1.82, 2.24) is 0 Å². The van der Waals surface area contributed by atoms with Gasteiger partial charge in [0.15, 0.2) is 0 Å². The predicted molar refractivity (Wildman–Crippen MR) is 221 cm³/mol. The molecule has 0 fully saturated rings. The monoisotopic (exact) mass is 677 g/mol. The first-order valence-electron chi connectivity index (χ1n) is 19.0. The van der Waals surface area contributed by atoms with Gasteiger partial charge in [-0.05, 0) is 122 Å². The minimum Gasteiger partial charge on any atom is -0.310 e. The summed E-state index contributed by atoms with van der Waals surface area (Å²) in [4.78, 5) is 2.51. The zero-order chi connectivity index (χ0) is 35.3. The number of rotatable bonds is 4. The minimum absolute atomic E-state index is 0.159. The molecule has 0 aromatic heterocycles. The van der Waals surface area contributed by atoms with Gasteiger partial charge in [0.1, 0.15) is 0 Å². The zero-order valence-electron chi connectivity index (χ0n) is 30.1. The highest BCUT2D eigenvalue weighted by atomic mass is 15.1. The molecule has 0 aliphatic heterocycles. The second-order valence-corrected chi connectivity index (χ2v) is 15.5. The molecule has 1 spiro atoms. The lowest BCUT2D eigenvalue weighted by molar-refractivity contribution is 0.660. The maximum atomic E-state index is 2.51. The van der Waals surface area contributed by atoms with Gasteiger partial charge in [-0.3, -0.25) is 0 Å². The van der Waals surface area contributed by atoms with E-state index in [1.165, 1.54) is 83.7 Å². The maximum Gasteiger partial charge on any atom is 0.0689 e. The van der Waals surface area contributed by atoms with Crippen molar-refractivity contribution in [3.8, 4) is 33.4 Å². The number of benzene rings is 7. The Kier molecular flexibility index (Phi) is 6.41. The zero-order valence-corrected chi connectivity index (χ0v) is 30.1. The number of hydrogen-bond donors (Lipinski definition) is 0. The molecule has 4 aliphatic rings. The number of anilines is 3. The van der Waals surface area contributed by atoms with Gasteiger partial charge in [0.05, 0.1) is 11.1 Å². The molecular weight excluding hydrogens is 639 g/mol. The van der Waals surface area contributed by atoms with Gasteiger partial charge in [0, 0.05) is 22.4 Å². The van der Waals surface area contributed by atoms with Gasteiger partial charge >= 0.3 is 0 Å². The molecule has 0 bridgehead atoms. The van der Waals surface area contributed by atoms with E-state index in [1.807, 2.05) is 0 Å². The van der Waals surface area contributed by atoms with Gasteiger partial charge in [-0.2, -0.15) is 0 Å². The molecular formula is C52H39N. The number of allylic oxidation sites excluding steroid dienone is 4. The molecule has 1 atom stereocenters. The van der Waals surface area contributed by atoms with E-state index < -0.39 is 0 Å². The summed E-state index contributed by atoms with van der Waals surface area (Å²) in [6.07, 6.45) is 6.88. The third-order valence-corrected chi connectivity index (χ3v) is 12.6. The molecule has 0 N–H and O–H groups in total. The number of hydrogen-bond acceptors (Lipinski definition) is 1. The Morgan fingerprint density at radius 2 is 1.11 bits per heavy atom. The topological polar surface area (TPSA) is 3.24 Å². The molecule has 4 aliphatic carbocycles. The lowest BCUT2D eigenvalue weighted by Gasteiger charge is -2.34. The van der Waals surface area contributed by atoms with Gasteiger partial charge in [0.25, 0.3) is 0 Å². The Morgan fingerprint density at radius 1 is 0.472 bits per heavy atom. The lowest BCUT2D eigenvalue weighted by atomic mass is 9.68. The first kappa shape index (κ1) is 30.4. The second kappa shape index (κ2) is 11.2. The van der Waals surface area contributed by atoms with Crippen LogP contribution in [0.5, 0.6) is 0 Å². The fourth-order valence-electron chi connectivity index (χ4n) is 10.3. The molecule has 1 nitrogen and oxygen atoms in total. The SMILES string of the molecule is CC1(C)c2cc(-c3ccccc3)ccc2-c2ccc(N(c3ccccc3)c3cccc4c3-c3ccccc3C43C4=C(C=CCC4)c4ccccc43)cc21. The summed E-state index contributed by atoms with van der Waals surface area (Å²) in [7, 11) is 0. The summed E-state index contributed by atoms with van der Waals surface area (Å²) >= 11 is 0. The van der Waals surface area contributed by atoms with E-state index in [0.29, 0.717) is 0 Å². The Bertz CT molecular complexity index is 2690. The smallest absolute Gasteiger partial charge is 0.0689 e. The Balaban J connectivity index is 1.13. The first-order valence-corrected chi connectivity index (χ1v) is 19.0. The molecule has 7 aromatic carbocycles. The summed E-state index contributed by atoms with van der Waals surface area (Å²) in [5, 5.41) is 0. The van der Waals surface area contributed by atoms with E-state index >= 15 is 0 Å². The van der Waals surface area contributed by atoms with Crippen molar-refractivity contribution in [3.63, 3.8) is 0 Å². The average molecular weight is 678 g/mol. The number of fused-ring (bicyclic) bond motifs is 12. The Morgan fingerprint density at radius 3 is 1.91 bits per heavy atom. The van der Waals surface area contributed by atoms with E-state index in [1.54, 1.807) is 5.57 Å². The maximum absolute atomic E-state index is 2.51. The van der Waals surface area contributed by atoms with E-state index in [-0.39, 0.29) is 10.8 Å². The molecule has 53 heavy (non-hydrogen) atoms. The molecule has 0 amide bonds. The van der Waals surface area contributed by atoms with E-state index in [9.17, 15) is 0 Å². The van der Waals surface area contributed by atoms with Crippen LogP contribution in [0.4, 0.5) is 17.1 Å². The highest BCUT2D eigenvalue weighted by Crippen LogP contribution is 2.65. The van der Waals surface area contributed by atoms with Crippen LogP contribution in [0.2, 0.25) is 0 Å². The first-order chi connectivity index (χ1) is 26.1. The fraction of sp³-hybridized carbons (Fsp3) is 0.115. The van der Waals surface area contributed by atoms with Crippen LogP contribution >= 0.6 is 0 Å². The molecule has 1 unspecified atom stereocenters. The third kappa shape index (κ3) is 4.08. The highest BCUT2D eigenvalue weighted by Gasteiger charge is 2.53. The molecule has 0 saturated carbocycles. The second-order valence-electron chi connectivity index (χ2n) is 15.5. The molecule has 0 radical (unpaired) electrons. The standard InChI is InChI=1S/C52H39N/c1-51(2)47-32-35(34-16-5-3-6-17-34)28-30-40(47)41-31-29-37(33-48(41)51)53(36-18-7-4-8-19-36)49-27-15-26-46-50(49)42-22-11-14-25-45(42)52(46)43-23-12-9-20-38(43)39-21-10-13-24-44(39)52/h3-12,14-23,25-33H,13,24H2,1-2H3. The van der Waals surface area contributed by atoms with Gasteiger partial charge < -0.3 is 4.90 Å². The van der Waals surface area contributed by atoms with Crippen LogP contribution in [0.3, 0.4) is 0 Å². The van der Waals surface area contributed by atoms with Gasteiger partial charge in [-0.1, -0.05) is 153 Å².